The summed E-state index contributed by atoms with van der Waals surface area (Å²) >= 11 is 0. The molecule has 0 bridgehead atoms. The number of hydrogen-bond acceptors (Lipinski definition) is 3. The van der Waals surface area contributed by atoms with Gasteiger partial charge in [-0.2, -0.15) is 5.10 Å². The van der Waals surface area contributed by atoms with E-state index < -0.39 is 0 Å². The second-order valence-corrected chi connectivity index (χ2v) is 5.84. The molecule has 2 heterocycles. The van der Waals surface area contributed by atoms with Gasteiger partial charge in [0.15, 0.2) is 0 Å². The molecule has 0 amide bonds. The molecular weight excluding hydrogens is 240 g/mol. The Morgan fingerprint density at radius 1 is 1.26 bits per heavy atom. The molecule has 0 fully saturated rings. The molecule has 104 valence electrons. The molecule has 0 saturated heterocycles. The van der Waals surface area contributed by atoms with Crippen LogP contribution in [0, 0.1) is 0 Å². The monoisotopic (exact) mass is 262 g/mol. The molecule has 1 N–H and O–H groups in total. The number of fused-ring (bicyclic) bond motifs is 1. The van der Waals surface area contributed by atoms with Gasteiger partial charge in [-0.1, -0.05) is 0 Å². The number of aromatic nitrogens is 3. The Kier molecular flexibility index (Phi) is 4.04. The van der Waals surface area contributed by atoms with Gasteiger partial charge >= 0.3 is 0 Å². The molecule has 0 aliphatic rings. The van der Waals surface area contributed by atoms with Crippen molar-refractivity contribution >= 4 is 5.52 Å². The van der Waals surface area contributed by atoms with Crippen LogP contribution in [-0.4, -0.2) is 26.3 Å². The summed E-state index contributed by atoms with van der Waals surface area (Å²) in [6, 6.07) is 1.75. The molecule has 5 heteroatoms. The Balaban J connectivity index is 1.88. The van der Waals surface area contributed by atoms with E-state index in [0.29, 0.717) is 5.52 Å². The molecule has 0 atom stereocenters. The molecule has 0 aliphatic heterocycles. The van der Waals surface area contributed by atoms with Crippen LogP contribution in [0.2, 0.25) is 0 Å². The third-order valence-corrected chi connectivity index (χ3v) is 3.02. The summed E-state index contributed by atoms with van der Waals surface area (Å²) in [5.41, 5.74) is 0.826. The van der Waals surface area contributed by atoms with Crippen molar-refractivity contribution in [3.8, 4) is 0 Å². The zero-order chi connectivity index (χ0) is 13.9. The van der Waals surface area contributed by atoms with Gasteiger partial charge in [-0.3, -0.25) is 4.79 Å². The predicted octanol–water partition coefficient (Wildman–Crippen LogP) is 1.66. The van der Waals surface area contributed by atoms with Crippen LogP contribution in [0.25, 0.3) is 5.52 Å². The molecule has 0 aromatic carbocycles. The standard InChI is InChI=1S/C14H22N4O/c1-14(2,3)15-7-4-5-9-17-10-11-18-12(13(17)19)6-8-16-18/h6,8,10-11,15H,4-5,7,9H2,1-3H3. The van der Waals surface area contributed by atoms with Gasteiger partial charge in [0.1, 0.15) is 5.52 Å². The summed E-state index contributed by atoms with van der Waals surface area (Å²) in [5.74, 6) is 0. The van der Waals surface area contributed by atoms with E-state index in [1.807, 2.05) is 6.20 Å². The lowest BCUT2D eigenvalue weighted by Crippen LogP contribution is -2.36. The quantitative estimate of drug-likeness (QED) is 0.834. The summed E-state index contributed by atoms with van der Waals surface area (Å²) in [4.78, 5) is 12.1. The van der Waals surface area contributed by atoms with E-state index in [9.17, 15) is 4.79 Å². The summed E-state index contributed by atoms with van der Waals surface area (Å²) in [6.07, 6.45) is 7.33. The zero-order valence-electron chi connectivity index (χ0n) is 11.9. The van der Waals surface area contributed by atoms with Gasteiger partial charge in [0.25, 0.3) is 5.56 Å². The van der Waals surface area contributed by atoms with Crippen molar-refractivity contribution in [1.82, 2.24) is 19.5 Å². The van der Waals surface area contributed by atoms with Crippen molar-refractivity contribution in [2.75, 3.05) is 6.54 Å². The molecule has 0 spiro atoms. The lowest BCUT2D eigenvalue weighted by atomic mass is 10.1. The Bertz CT molecular complexity index is 591. The topological polar surface area (TPSA) is 51.3 Å². The van der Waals surface area contributed by atoms with Crippen LogP contribution in [0.15, 0.2) is 29.5 Å². The average molecular weight is 262 g/mol. The van der Waals surface area contributed by atoms with Gasteiger partial charge in [0, 0.05) is 24.5 Å². The van der Waals surface area contributed by atoms with Gasteiger partial charge < -0.3 is 9.88 Å². The van der Waals surface area contributed by atoms with Gasteiger partial charge in [-0.25, -0.2) is 4.52 Å². The predicted molar refractivity (Wildman–Crippen MR) is 76.4 cm³/mol. The van der Waals surface area contributed by atoms with Crippen molar-refractivity contribution in [2.45, 2.75) is 45.7 Å². The van der Waals surface area contributed by atoms with Crippen molar-refractivity contribution in [1.29, 1.82) is 0 Å². The summed E-state index contributed by atoms with van der Waals surface area (Å²) < 4.78 is 3.37. The highest BCUT2D eigenvalue weighted by molar-refractivity contribution is 5.42. The Hall–Kier alpha value is -1.62. The minimum absolute atomic E-state index is 0.0313. The zero-order valence-corrected chi connectivity index (χ0v) is 11.9. The molecule has 0 unspecified atom stereocenters. The number of nitrogens with zero attached hydrogens (tertiary/aromatic N) is 3. The Morgan fingerprint density at radius 2 is 2.05 bits per heavy atom. The maximum atomic E-state index is 12.1. The second-order valence-electron chi connectivity index (χ2n) is 5.84. The van der Waals surface area contributed by atoms with E-state index in [1.54, 1.807) is 27.5 Å². The van der Waals surface area contributed by atoms with Crippen molar-refractivity contribution < 1.29 is 0 Å². The summed E-state index contributed by atoms with van der Waals surface area (Å²) in [7, 11) is 0. The number of rotatable bonds is 5. The number of nitrogens with one attached hydrogen (secondary N) is 1. The van der Waals surface area contributed by atoms with Crippen LogP contribution in [-0.2, 0) is 6.54 Å². The minimum atomic E-state index is 0.0313. The molecule has 2 aromatic heterocycles. The van der Waals surface area contributed by atoms with Crippen molar-refractivity contribution in [2.24, 2.45) is 0 Å². The molecule has 0 saturated carbocycles. The highest BCUT2D eigenvalue weighted by Crippen LogP contribution is 2.00. The van der Waals surface area contributed by atoms with E-state index in [0.717, 1.165) is 25.9 Å². The third kappa shape index (κ3) is 3.67. The van der Waals surface area contributed by atoms with Crippen LogP contribution in [0.4, 0.5) is 0 Å². The number of unbranched alkanes of at least 4 members (excludes halogenated alkanes) is 1. The molecular formula is C14H22N4O. The molecule has 19 heavy (non-hydrogen) atoms. The van der Waals surface area contributed by atoms with Gasteiger partial charge in [0.05, 0.1) is 6.20 Å². The lowest BCUT2D eigenvalue weighted by molar-refractivity contribution is 0.413. The molecule has 5 nitrogen and oxygen atoms in total. The van der Waals surface area contributed by atoms with Crippen LogP contribution in [0.1, 0.15) is 33.6 Å². The number of hydrogen-bond donors (Lipinski definition) is 1. The van der Waals surface area contributed by atoms with E-state index in [2.05, 4.69) is 31.2 Å². The van der Waals surface area contributed by atoms with Gasteiger partial charge in [-0.15, -0.1) is 0 Å². The fourth-order valence-electron chi connectivity index (χ4n) is 2.01. The normalized spacial score (nSPS) is 12.2. The lowest BCUT2D eigenvalue weighted by Gasteiger charge is -2.20. The van der Waals surface area contributed by atoms with E-state index >= 15 is 0 Å². The van der Waals surface area contributed by atoms with Crippen LogP contribution in [0.3, 0.4) is 0 Å². The van der Waals surface area contributed by atoms with E-state index in [4.69, 9.17) is 0 Å². The van der Waals surface area contributed by atoms with Crippen LogP contribution < -0.4 is 10.9 Å². The highest BCUT2D eigenvalue weighted by atomic mass is 16.1. The fourth-order valence-corrected chi connectivity index (χ4v) is 2.01. The first-order valence-electron chi connectivity index (χ1n) is 6.75. The van der Waals surface area contributed by atoms with E-state index in [-0.39, 0.29) is 11.1 Å². The molecule has 2 rings (SSSR count). The van der Waals surface area contributed by atoms with Crippen LogP contribution in [0.5, 0.6) is 0 Å². The largest absolute Gasteiger partial charge is 0.312 e. The molecule has 0 aliphatic carbocycles. The molecule has 2 aromatic rings. The van der Waals surface area contributed by atoms with Gasteiger partial charge in [0.2, 0.25) is 0 Å². The summed E-state index contributed by atoms with van der Waals surface area (Å²) in [6.45, 7) is 8.21. The first-order valence-corrected chi connectivity index (χ1v) is 6.75. The maximum Gasteiger partial charge on any atom is 0.276 e. The van der Waals surface area contributed by atoms with Crippen LogP contribution >= 0.6 is 0 Å². The molecule has 0 radical (unpaired) electrons. The fraction of sp³-hybridized carbons (Fsp3) is 0.571. The third-order valence-electron chi connectivity index (χ3n) is 3.02. The first kappa shape index (κ1) is 13.8. The average Bonchev–Trinajstić information content (AvgIpc) is 2.79. The maximum absolute atomic E-state index is 12.1. The second kappa shape index (κ2) is 5.57. The minimum Gasteiger partial charge on any atom is -0.312 e. The Labute approximate surface area is 113 Å². The van der Waals surface area contributed by atoms with E-state index in [1.165, 1.54) is 0 Å². The van der Waals surface area contributed by atoms with Gasteiger partial charge in [-0.05, 0) is 46.2 Å². The Morgan fingerprint density at radius 3 is 2.79 bits per heavy atom. The smallest absolute Gasteiger partial charge is 0.276 e. The SMILES string of the molecule is CC(C)(C)NCCCCn1ccn2nccc2c1=O. The van der Waals surface area contributed by atoms with Crippen molar-refractivity contribution in [3.63, 3.8) is 0 Å². The summed E-state index contributed by atoms with van der Waals surface area (Å²) in [5, 5.41) is 7.50. The van der Waals surface area contributed by atoms with Crippen molar-refractivity contribution in [3.05, 3.63) is 35.0 Å². The highest BCUT2D eigenvalue weighted by Gasteiger charge is 2.07. The number of aryl methyl sites for hydroxylation is 1. The first-order chi connectivity index (χ1) is 8.97.